The number of fused-ring (bicyclic) bond motifs is 1. The minimum Gasteiger partial charge on any atom is -0.451 e. The Morgan fingerprint density at radius 1 is 0.911 bits per heavy atom. The zero-order valence-corrected chi connectivity index (χ0v) is 25.9. The van der Waals surface area contributed by atoms with Gasteiger partial charge in [0.05, 0.1) is 11.6 Å². The number of carbonyl (C=O) groups is 2. The van der Waals surface area contributed by atoms with E-state index in [2.05, 4.69) is 52.4 Å². The van der Waals surface area contributed by atoms with E-state index in [1.807, 2.05) is 35.2 Å². The third-order valence-electron chi connectivity index (χ3n) is 8.37. The number of benzene rings is 3. The van der Waals surface area contributed by atoms with Gasteiger partial charge in [-0.1, -0.05) is 29.8 Å². The summed E-state index contributed by atoms with van der Waals surface area (Å²) in [4.78, 5) is 32.9. The number of hydrogen-bond donors (Lipinski definition) is 1. The van der Waals surface area contributed by atoms with Gasteiger partial charge in [-0.2, -0.15) is 13.7 Å². The molecule has 10 nitrogen and oxygen atoms in total. The second kappa shape index (κ2) is 14.8. The lowest BCUT2D eigenvalue weighted by Crippen LogP contribution is -2.48. The van der Waals surface area contributed by atoms with Crippen molar-refractivity contribution in [3.8, 4) is 6.07 Å². The maximum Gasteiger partial charge on any atom is 0.335 e. The minimum absolute atomic E-state index is 0.000393. The number of nitriles is 1. The lowest BCUT2D eigenvalue weighted by molar-refractivity contribution is 0.0746. The Morgan fingerprint density at radius 3 is 2.22 bits per heavy atom. The Bertz CT molecular complexity index is 1710. The van der Waals surface area contributed by atoms with Crippen molar-refractivity contribution >= 4 is 40.0 Å². The first-order valence-corrected chi connectivity index (χ1v) is 15.6. The van der Waals surface area contributed by atoms with E-state index in [1.54, 1.807) is 18.2 Å². The molecule has 3 aromatic carbocycles. The molecule has 4 aromatic rings. The molecule has 0 aliphatic carbocycles. The van der Waals surface area contributed by atoms with Crippen LogP contribution in [0.1, 0.15) is 50.4 Å². The van der Waals surface area contributed by atoms with Crippen LogP contribution in [-0.2, 0) is 18.1 Å². The predicted molar refractivity (Wildman–Crippen MR) is 171 cm³/mol. The molecule has 0 radical (unpaired) electrons. The minimum atomic E-state index is -0.750. The molecule has 2 aliphatic rings. The predicted octanol–water partition coefficient (Wildman–Crippen LogP) is 4.30. The van der Waals surface area contributed by atoms with Crippen molar-refractivity contribution in [2.75, 3.05) is 44.2 Å². The van der Waals surface area contributed by atoms with Crippen LogP contribution < -0.4 is 10.2 Å². The molecule has 0 spiro atoms. The maximum absolute atomic E-state index is 13.3. The molecule has 0 atom stereocenters. The van der Waals surface area contributed by atoms with Crippen molar-refractivity contribution in [1.29, 1.82) is 5.26 Å². The average molecular weight is 626 g/mol. The summed E-state index contributed by atoms with van der Waals surface area (Å²) in [6.07, 6.45) is 1.72. The van der Waals surface area contributed by atoms with Gasteiger partial charge in [0, 0.05) is 68.5 Å². The number of carbonyl (C=O) groups excluding carboxylic acids is 2. The second-order valence-electron chi connectivity index (χ2n) is 11.4. The highest BCUT2D eigenvalue weighted by atomic mass is 32.1. The van der Waals surface area contributed by atoms with E-state index in [-0.39, 0.29) is 23.6 Å². The summed E-state index contributed by atoms with van der Waals surface area (Å²) in [5.74, 6) is 0.0404. The van der Waals surface area contributed by atoms with Crippen LogP contribution in [0.15, 0.2) is 77.2 Å². The van der Waals surface area contributed by atoms with Gasteiger partial charge in [-0.25, -0.2) is 0 Å². The van der Waals surface area contributed by atoms with Crippen LogP contribution in [0.3, 0.4) is 0 Å². The van der Waals surface area contributed by atoms with Crippen molar-refractivity contribution in [1.82, 2.24) is 15.1 Å². The third kappa shape index (κ3) is 8.03. The molecule has 2 fully saturated rings. The lowest BCUT2D eigenvalue weighted by atomic mass is 10.0. The molecule has 0 saturated carbocycles. The van der Waals surface area contributed by atoms with Gasteiger partial charge < -0.3 is 19.5 Å². The van der Waals surface area contributed by atoms with Gasteiger partial charge in [0.15, 0.2) is 5.76 Å². The van der Waals surface area contributed by atoms with Gasteiger partial charge in [0.2, 0.25) is 0 Å². The third-order valence-corrected chi connectivity index (χ3v) is 8.37. The number of anilines is 1. The van der Waals surface area contributed by atoms with Crippen LogP contribution in [0, 0.1) is 18.3 Å². The van der Waals surface area contributed by atoms with E-state index >= 15 is 0 Å². The fourth-order valence-corrected chi connectivity index (χ4v) is 5.83. The molecule has 45 heavy (non-hydrogen) atoms. The van der Waals surface area contributed by atoms with E-state index in [0.717, 1.165) is 51.0 Å². The molecule has 1 aromatic heterocycles. The van der Waals surface area contributed by atoms with Crippen LogP contribution >= 0.6 is 0 Å². The molecule has 0 unspecified atom stereocenters. The first-order valence-electron chi connectivity index (χ1n) is 15.0. The van der Waals surface area contributed by atoms with E-state index in [4.69, 9.17) is 18.1 Å². The van der Waals surface area contributed by atoms with Crippen molar-refractivity contribution in [2.45, 2.75) is 32.4 Å². The molecular formula is C34H35N5O5S. The summed E-state index contributed by atoms with van der Waals surface area (Å²) in [6.45, 7) is 7.60. The van der Waals surface area contributed by atoms with Crippen LogP contribution in [0.4, 0.5) is 5.69 Å². The van der Waals surface area contributed by atoms with Crippen molar-refractivity contribution in [3.05, 3.63) is 101 Å². The second-order valence-corrected chi connectivity index (χ2v) is 11.5. The van der Waals surface area contributed by atoms with E-state index < -0.39 is 11.6 Å². The summed E-state index contributed by atoms with van der Waals surface area (Å²) in [5, 5.41) is 12.9. The smallest absolute Gasteiger partial charge is 0.335 e. The van der Waals surface area contributed by atoms with Crippen molar-refractivity contribution < 1.29 is 22.4 Å². The first kappa shape index (κ1) is 31.6. The summed E-state index contributed by atoms with van der Waals surface area (Å²) >= 11 is -0.750. The molecule has 3 heterocycles. The number of piperidine rings is 1. The molecule has 232 valence electrons. The topological polar surface area (TPSA) is 127 Å². The molecule has 6 rings (SSSR count). The van der Waals surface area contributed by atoms with Gasteiger partial charge in [-0.3, -0.25) is 14.5 Å². The zero-order chi connectivity index (χ0) is 31.8. The van der Waals surface area contributed by atoms with Gasteiger partial charge in [-0.15, -0.1) is 0 Å². The number of furan rings is 1. The highest BCUT2D eigenvalue weighted by molar-refractivity contribution is 7.51. The number of nitrogens with zero attached hydrogens (tertiary/aromatic N) is 4. The molecule has 1 N–H and O–H groups in total. The lowest BCUT2D eigenvalue weighted by Gasteiger charge is -2.36. The van der Waals surface area contributed by atoms with E-state index in [0.29, 0.717) is 29.8 Å². The summed E-state index contributed by atoms with van der Waals surface area (Å²) in [5.41, 5.74) is 5.47. The maximum atomic E-state index is 13.3. The summed E-state index contributed by atoms with van der Waals surface area (Å²) in [7, 11) is 0. The summed E-state index contributed by atoms with van der Waals surface area (Å²) in [6, 6.07) is 25.6. The van der Waals surface area contributed by atoms with E-state index in [9.17, 15) is 9.59 Å². The first-order chi connectivity index (χ1) is 21.9. The monoisotopic (exact) mass is 625 g/mol. The standard InChI is InChI=1S/C34H35N5O3.O2S/c1-24-2-9-30(10-3-24)38-16-18-39(19-17-38)34(41)27-8-11-31-28(20-27)21-32(42-31)33(40)36-29-12-14-37(15-13-29)23-26-6-4-25(22-35)5-7-26;1-3-2/h2-11,20-21,29H,12-19,23H2,1H3,(H,36,40);. The number of hydrogen-bond acceptors (Lipinski definition) is 8. The van der Waals surface area contributed by atoms with Crippen LogP contribution in [0.25, 0.3) is 11.0 Å². The van der Waals surface area contributed by atoms with Crippen LogP contribution in [0.2, 0.25) is 0 Å². The number of nitrogens with one attached hydrogen (secondary N) is 1. The van der Waals surface area contributed by atoms with Gasteiger partial charge in [0.25, 0.3) is 11.8 Å². The normalized spacial score (nSPS) is 15.6. The Morgan fingerprint density at radius 2 is 1.58 bits per heavy atom. The number of aryl methyl sites for hydroxylation is 1. The number of piperazine rings is 1. The van der Waals surface area contributed by atoms with Crippen LogP contribution in [0.5, 0.6) is 0 Å². The molecule has 2 amide bonds. The average Bonchev–Trinajstić information content (AvgIpc) is 3.51. The van der Waals surface area contributed by atoms with Gasteiger partial charge >= 0.3 is 11.6 Å². The summed E-state index contributed by atoms with van der Waals surface area (Å²) < 4.78 is 22.4. The Hall–Kier alpha value is -4.79. The molecular weight excluding hydrogens is 590 g/mol. The van der Waals surface area contributed by atoms with Crippen molar-refractivity contribution in [3.63, 3.8) is 0 Å². The largest absolute Gasteiger partial charge is 0.451 e. The fraction of sp³-hybridized carbons (Fsp3) is 0.324. The fourth-order valence-electron chi connectivity index (χ4n) is 5.83. The molecule has 2 aliphatic heterocycles. The highest BCUT2D eigenvalue weighted by Gasteiger charge is 2.25. The molecule has 2 saturated heterocycles. The SMILES string of the molecule is Cc1ccc(N2CCN(C(=O)c3ccc4oc(C(=O)NC5CCN(Cc6ccc(C#N)cc6)CC5)cc4c3)CC2)cc1.O=S=O. The number of amides is 2. The van der Waals surface area contributed by atoms with Crippen LogP contribution in [-0.4, -0.2) is 75.3 Å². The molecule has 0 bridgehead atoms. The number of rotatable bonds is 6. The Balaban J connectivity index is 0.00000128. The number of likely N-dealkylation sites (tertiary alicyclic amines) is 1. The van der Waals surface area contributed by atoms with Gasteiger partial charge in [-0.05, 0) is 73.9 Å². The Kier molecular flexibility index (Phi) is 10.4. The quantitative estimate of drug-likeness (QED) is 0.336. The van der Waals surface area contributed by atoms with Gasteiger partial charge in [0.1, 0.15) is 5.58 Å². The van der Waals surface area contributed by atoms with Crippen molar-refractivity contribution in [2.24, 2.45) is 0 Å². The zero-order valence-electron chi connectivity index (χ0n) is 25.1. The van der Waals surface area contributed by atoms with E-state index in [1.165, 1.54) is 16.8 Å². The molecule has 11 heteroatoms. The highest BCUT2D eigenvalue weighted by Crippen LogP contribution is 2.24. The Labute approximate surface area is 265 Å².